The highest BCUT2D eigenvalue weighted by Crippen LogP contribution is 1.98. The predicted octanol–water partition coefficient (Wildman–Crippen LogP) is 1.59. The van der Waals surface area contributed by atoms with E-state index in [1.807, 2.05) is 0 Å². The Morgan fingerprint density at radius 1 is 1.57 bits per heavy atom. The van der Waals surface area contributed by atoms with Crippen LogP contribution in [-0.2, 0) is 11.3 Å². The van der Waals surface area contributed by atoms with Crippen molar-refractivity contribution in [3.63, 3.8) is 0 Å². The summed E-state index contributed by atoms with van der Waals surface area (Å²) in [4.78, 5) is 18.2. The average Bonchev–Trinajstić information content (AvgIpc) is 2.68. The Bertz CT molecular complexity index is 261. The molecular weight excluding hydrogens is 246 g/mol. The van der Waals surface area contributed by atoms with Gasteiger partial charge in [0.1, 0.15) is 5.82 Å². The van der Waals surface area contributed by atoms with E-state index in [4.69, 9.17) is 0 Å². The Kier molecular flexibility index (Phi) is 5.29. The summed E-state index contributed by atoms with van der Waals surface area (Å²) in [5, 5.41) is 3.75. The minimum absolute atomic E-state index is 0.0855. The molecule has 4 nitrogen and oxygen atoms in total. The van der Waals surface area contributed by atoms with Crippen molar-refractivity contribution in [3.05, 3.63) is 18.2 Å². The Morgan fingerprint density at radius 2 is 2.43 bits per heavy atom. The Morgan fingerprint density at radius 3 is 3.07 bits per heavy atom. The van der Waals surface area contributed by atoms with Crippen molar-refractivity contribution >= 4 is 21.8 Å². The summed E-state index contributed by atoms with van der Waals surface area (Å²) in [5.74, 6) is 0.876. The molecule has 0 aromatic carbocycles. The van der Waals surface area contributed by atoms with E-state index < -0.39 is 0 Å². The molecule has 14 heavy (non-hydrogen) atoms. The molecule has 78 valence electrons. The number of hydrogen-bond donors (Lipinski definition) is 2. The van der Waals surface area contributed by atoms with Gasteiger partial charge in [-0.25, -0.2) is 4.98 Å². The van der Waals surface area contributed by atoms with Crippen molar-refractivity contribution in [2.45, 2.75) is 25.8 Å². The molecule has 1 rings (SSSR count). The zero-order valence-electron chi connectivity index (χ0n) is 7.92. The maximum atomic E-state index is 11.2. The quantitative estimate of drug-likeness (QED) is 0.602. The van der Waals surface area contributed by atoms with Crippen LogP contribution in [0.25, 0.3) is 0 Å². The third-order valence-corrected chi connectivity index (χ3v) is 2.36. The molecule has 0 atom stereocenters. The summed E-state index contributed by atoms with van der Waals surface area (Å²) in [6.45, 7) is 0.486. The zero-order chi connectivity index (χ0) is 10.2. The summed E-state index contributed by atoms with van der Waals surface area (Å²) in [5.41, 5.74) is 0. The second kappa shape index (κ2) is 6.59. The van der Waals surface area contributed by atoms with E-state index in [2.05, 4.69) is 31.2 Å². The molecule has 0 saturated carbocycles. The summed E-state index contributed by atoms with van der Waals surface area (Å²) in [6.07, 6.45) is 5.97. The van der Waals surface area contributed by atoms with Crippen LogP contribution in [0.5, 0.6) is 0 Å². The number of carbonyl (C=O) groups excluding carboxylic acids is 1. The van der Waals surface area contributed by atoms with Gasteiger partial charge in [-0.2, -0.15) is 0 Å². The van der Waals surface area contributed by atoms with Crippen molar-refractivity contribution in [2.24, 2.45) is 0 Å². The molecule has 0 aliphatic rings. The number of aromatic nitrogens is 2. The monoisotopic (exact) mass is 259 g/mol. The molecule has 1 amide bonds. The Balaban J connectivity index is 2.09. The summed E-state index contributed by atoms with van der Waals surface area (Å²) < 4.78 is 0. The van der Waals surface area contributed by atoms with Gasteiger partial charge in [0.15, 0.2) is 0 Å². The molecule has 0 aliphatic carbocycles. The van der Waals surface area contributed by atoms with E-state index in [1.165, 1.54) is 0 Å². The first kappa shape index (κ1) is 11.2. The Hall–Kier alpha value is -0.840. The van der Waals surface area contributed by atoms with Gasteiger partial charge in [-0.15, -0.1) is 0 Å². The number of alkyl halides is 1. The van der Waals surface area contributed by atoms with Gasteiger partial charge in [0.2, 0.25) is 5.91 Å². The van der Waals surface area contributed by atoms with E-state index in [0.717, 1.165) is 24.0 Å². The molecule has 2 N–H and O–H groups in total. The van der Waals surface area contributed by atoms with Crippen molar-refractivity contribution < 1.29 is 4.79 Å². The normalized spacial score (nSPS) is 10.1. The summed E-state index contributed by atoms with van der Waals surface area (Å²) >= 11 is 3.32. The number of halogens is 1. The van der Waals surface area contributed by atoms with Crippen LogP contribution in [0, 0.1) is 0 Å². The van der Waals surface area contributed by atoms with Crippen LogP contribution in [-0.4, -0.2) is 21.2 Å². The van der Waals surface area contributed by atoms with Gasteiger partial charge in [0.05, 0.1) is 6.54 Å². The number of unbranched alkanes of at least 4 members (excludes halogenated alkanes) is 1. The maximum absolute atomic E-state index is 11.2. The highest BCUT2D eigenvalue weighted by atomic mass is 79.9. The van der Waals surface area contributed by atoms with Gasteiger partial charge in [-0.05, 0) is 12.8 Å². The Labute approximate surface area is 91.6 Å². The number of nitrogens with one attached hydrogen (secondary N) is 2. The lowest BCUT2D eigenvalue weighted by atomic mass is 10.2. The van der Waals surface area contributed by atoms with Crippen LogP contribution in [0.4, 0.5) is 0 Å². The second-order valence-corrected chi connectivity index (χ2v) is 3.75. The standard InChI is InChI=1S/C9H14BrN3O/c10-4-2-1-3-9(14)13-7-8-11-5-6-12-8/h5-6H,1-4,7H2,(H,11,12)(H,13,14). The number of aromatic amines is 1. The molecule has 1 heterocycles. The van der Waals surface area contributed by atoms with Gasteiger partial charge in [-0.1, -0.05) is 15.9 Å². The van der Waals surface area contributed by atoms with Gasteiger partial charge in [0, 0.05) is 24.1 Å². The molecule has 5 heteroatoms. The molecule has 0 unspecified atom stereocenters. The molecule has 0 saturated heterocycles. The van der Waals surface area contributed by atoms with Gasteiger partial charge < -0.3 is 10.3 Å². The van der Waals surface area contributed by atoms with E-state index in [0.29, 0.717) is 13.0 Å². The zero-order valence-corrected chi connectivity index (χ0v) is 9.51. The van der Waals surface area contributed by atoms with E-state index >= 15 is 0 Å². The molecular formula is C9H14BrN3O. The first-order chi connectivity index (χ1) is 6.83. The third-order valence-electron chi connectivity index (χ3n) is 1.80. The fourth-order valence-electron chi connectivity index (χ4n) is 1.05. The van der Waals surface area contributed by atoms with Crippen molar-refractivity contribution in [1.82, 2.24) is 15.3 Å². The fourth-order valence-corrected chi connectivity index (χ4v) is 1.44. The lowest BCUT2D eigenvalue weighted by Crippen LogP contribution is -2.22. The van der Waals surface area contributed by atoms with E-state index in [9.17, 15) is 4.79 Å². The fraction of sp³-hybridized carbons (Fsp3) is 0.556. The first-order valence-electron chi connectivity index (χ1n) is 4.64. The molecule has 0 aliphatic heterocycles. The second-order valence-electron chi connectivity index (χ2n) is 2.96. The highest BCUT2D eigenvalue weighted by Gasteiger charge is 2.01. The minimum atomic E-state index is 0.0855. The van der Waals surface area contributed by atoms with Crippen molar-refractivity contribution in [3.8, 4) is 0 Å². The molecule has 0 bridgehead atoms. The maximum Gasteiger partial charge on any atom is 0.220 e. The largest absolute Gasteiger partial charge is 0.349 e. The first-order valence-corrected chi connectivity index (χ1v) is 5.76. The van der Waals surface area contributed by atoms with E-state index in [-0.39, 0.29) is 5.91 Å². The van der Waals surface area contributed by atoms with Crippen molar-refractivity contribution in [2.75, 3.05) is 5.33 Å². The van der Waals surface area contributed by atoms with Crippen LogP contribution in [0.15, 0.2) is 12.4 Å². The summed E-state index contributed by atoms with van der Waals surface area (Å²) in [6, 6.07) is 0. The van der Waals surface area contributed by atoms with Crippen LogP contribution in [0.2, 0.25) is 0 Å². The SMILES string of the molecule is O=C(CCCCBr)NCc1ncc[nH]1. The van der Waals surface area contributed by atoms with Crippen molar-refractivity contribution in [1.29, 1.82) is 0 Å². The van der Waals surface area contributed by atoms with Crippen LogP contribution >= 0.6 is 15.9 Å². The number of hydrogen-bond acceptors (Lipinski definition) is 2. The number of nitrogens with zero attached hydrogens (tertiary/aromatic N) is 1. The highest BCUT2D eigenvalue weighted by molar-refractivity contribution is 9.09. The molecule has 1 aromatic heterocycles. The van der Waals surface area contributed by atoms with Crippen LogP contribution in [0.3, 0.4) is 0 Å². The number of amides is 1. The molecule has 0 spiro atoms. The smallest absolute Gasteiger partial charge is 0.220 e. The van der Waals surface area contributed by atoms with Crippen LogP contribution < -0.4 is 5.32 Å². The lowest BCUT2D eigenvalue weighted by molar-refractivity contribution is -0.121. The third kappa shape index (κ3) is 4.41. The number of carbonyl (C=O) groups is 1. The number of rotatable bonds is 6. The number of imidazole rings is 1. The average molecular weight is 260 g/mol. The topological polar surface area (TPSA) is 57.8 Å². The van der Waals surface area contributed by atoms with Gasteiger partial charge in [-0.3, -0.25) is 4.79 Å². The summed E-state index contributed by atoms with van der Waals surface area (Å²) in [7, 11) is 0. The molecule has 0 radical (unpaired) electrons. The van der Waals surface area contributed by atoms with Gasteiger partial charge >= 0.3 is 0 Å². The predicted molar refractivity (Wildman–Crippen MR) is 58.1 cm³/mol. The minimum Gasteiger partial charge on any atom is -0.349 e. The molecule has 0 fully saturated rings. The lowest BCUT2D eigenvalue weighted by Gasteiger charge is -2.01. The van der Waals surface area contributed by atoms with E-state index in [1.54, 1.807) is 12.4 Å². The molecule has 1 aromatic rings. The van der Waals surface area contributed by atoms with Crippen LogP contribution in [0.1, 0.15) is 25.1 Å². The number of H-pyrrole nitrogens is 1. The van der Waals surface area contributed by atoms with Gasteiger partial charge in [0.25, 0.3) is 0 Å².